The van der Waals surface area contributed by atoms with Crippen LogP contribution in [0.4, 0.5) is 4.79 Å². The number of hydrogen-bond donors (Lipinski definition) is 2. The predicted octanol–water partition coefficient (Wildman–Crippen LogP) is 1.58. The summed E-state index contributed by atoms with van der Waals surface area (Å²) in [5, 5.41) is 6.01. The highest BCUT2D eigenvalue weighted by Gasteiger charge is 2.27. The molecule has 0 saturated heterocycles. The maximum absolute atomic E-state index is 11.6. The molecule has 1 saturated carbocycles. The Morgan fingerprint density at radius 2 is 1.85 bits per heavy atom. The molecule has 2 unspecified atom stereocenters. The van der Waals surface area contributed by atoms with Gasteiger partial charge in [-0.3, -0.25) is 4.79 Å². The SMILES string of the molecule is CCOC(=O)CNC1CCC(NC(=O)OC(C)(C)C)C1. The van der Waals surface area contributed by atoms with Gasteiger partial charge < -0.3 is 20.1 Å². The number of esters is 1. The molecule has 0 heterocycles. The Morgan fingerprint density at radius 1 is 1.20 bits per heavy atom. The van der Waals surface area contributed by atoms with Crippen molar-refractivity contribution < 1.29 is 19.1 Å². The molecule has 1 amide bonds. The van der Waals surface area contributed by atoms with Crippen molar-refractivity contribution in [3.05, 3.63) is 0 Å². The maximum atomic E-state index is 11.6. The zero-order chi connectivity index (χ0) is 15.2. The molecule has 0 aromatic rings. The van der Waals surface area contributed by atoms with Crippen molar-refractivity contribution in [3.63, 3.8) is 0 Å². The summed E-state index contributed by atoms with van der Waals surface area (Å²) in [4.78, 5) is 22.9. The van der Waals surface area contributed by atoms with E-state index in [2.05, 4.69) is 10.6 Å². The highest BCUT2D eigenvalue weighted by molar-refractivity contribution is 5.71. The molecule has 2 N–H and O–H groups in total. The molecule has 0 aromatic carbocycles. The second-order valence-corrected chi connectivity index (χ2v) is 6.04. The van der Waals surface area contributed by atoms with Gasteiger partial charge in [-0.1, -0.05) is 0 Å². The van der Waals surface area contributed by atoms with E-state index >= 15 is 0 Å². The first-order valence-electron chi connectivity index (χ1n) is 7.18. The largest absolute Gasteiger partial charge is 0.465 e. The van der Waals surface area contributed by atoms with Crippen molar-refractivity contribution in [1.82, 2.24) is 10.6 Å². The number of alkyl carbamates (subject to hydrolysis) is 1. The third-order valence-electron chi connectivity index (χ3n) is 2.99. The minimum atomic E-state index is -0.482. The third kappa shape index (κ3) is 6.75. The van der Waals surface area contributed by atoms with Gasteiger partial charge in [0.25, 0.3) is 0 Å². The molecule has 2 atom stereocenters. The summed E-state index contributed by atoms with van der Waals surface area (Å²) in [6, 6.07) is 0.337. The van der Waals surface area contributed by atoms with E-state index in [1.807, 2.05) is 20.8 Å². The van der Waals surface area contributed by atoms with Gasteiger partial charge in [0, 0.05) is 12.1 Å². The van der Waals surface area contributed by atoms with Gasteiger partial charge in [-0.05, 0) is 47.0 Å². The van der Waals surface area contributed by atoms with E-state index < -0.39 is 5.60 Å². The van der Waals surface area contributed by atoms with Gasteiger partial charge >= 0.3 is 12.1 Å². The zero-order valence-corrected chi connectivity index (χ0v) is 12.8. The summed E-state index contributed by atoms with van der Waals surface area (Å²) >= 11 is 0. The summed E-state index contributed by atoms with van der Waals surface area (Å²) in [6.45, 7) is 7.92. The van der Waals surface area contributed by atoms with E-state index in [0.29, 0.717) is 6.61 Å². The van der Waals surface area contributed by atoms with Crippen LogP contribution in [0.5, 0.6) is 0 Å². The fraction of sp³-hybridized carbons (Fsp3) is 0.857. The van der Waals surface area contributed by atoms with Gasteiger partial charge in [-0.25, -0.2) is 4.79 Å². The summed E-state index contributed by atoms with van der Waals surface area (Å²) < 4.78 is 10.1. The topological polar surface area (TPSA) is 76.7 Å². The Balaban J connectivity index is 2.23. The number of carbonyl (C=O) groups excluding carboxylic acids is 2. The van der Waals surface area contributed by atoms with Crippen LogP contribution in [0.2, 0.25) is 0 Å². The zero-order valence-electron chi connectivity index (χ0n) is 12.8. The smallest absolute Gasteiger partial charge is 0.407 e. The Labute approximate surface area is 120 Å². The van der Waals surface area contributed by atoms with E-state index in [0.717, 1.165) is 19.3 Å². The fourth-order valence-corrected chi connectivity index (χ4v) is 2.21. The Bertz CT molecular complexity index is 339. The van der Waals surface area contributed by atoms with E-state index in [1.54, 1.807) is 6.92 Å². The van der Waals surface area contributed by atoms with E-state index in [1.165, 1.54) is 0 Å². The molecule has 6 heteroatoms. The summed E-state index contributed by atoms with van der Waals surface area (Å²) in [5.74, 6) is -0.240. The first-order chi connectivity index (χ1) is 9.30. The van der Waals surface area contributed by atoms with Crippen LogP contribution in [-0.2, 0) is 14.3 Å². The first-order valence-corrected chi connectivity index (χ1v) is 7.18. The molecule has 1 aliphatic carbocycles. The lowest BCUT2D eigenvalue weighted by molar-refractivity contribution is -0.142. The van der Waals surface area contributed by atoms with Gasteiger partial charge in [0.1, 0.15) is 5.60 Å². The molecule has 116 valence electrons. The standard InChI is InChI=1S/C14H26N2O4/c1-5-19-12(17)9-15-10-6-7-11(8-10)16-13(18)20-14(2,3)4/h10-11,15H,5-9H2,1-4H3,(H,16,18). The van der Waals surface area contributed by atoms with E-state index in [-0.39, 0.29) is 30.7 Å². The Morgan fingerprint density at radius 3 is 2.45 bits per heavy atom. The Kier molecular flexibility index (Phi) is 6.26. The number of hydrogen-bond acceptors (Lipinski definition) is 5. The van der Waals surface area contributed by atoms with Crippen LogP contribution in [0.1, 0.15) is 47.0 Å². The fourth-order valence-electron chi connectivity index (χ4n) is 2.21. The van der Waals surface area contributed by atoms with E-state index in [4.69, 9.17) is 9.47 Å². The molecule has 0 aliphatic heterocycles. The molecule has 1 aliphatic rings. The molecule has 0 spiro atoms. The molecule has 0 radical (unpaired) electrons. The Hall–Kier alpha value is -1.30. The molecule has 1 rings (SSSR count). The highest BCUT2D eigenvalue weighted by Crippen LogP contribution is 2.19. The number of ether oxygens (including phenoxy) is 2. The average molecular weight is 286 g/mol. The van der Waals surface area contributed by atoms with Crippen molar-refractivity contribution in [2.45, 2.75) is 64.6 Å². The number of nitrogens with one attached hydrogen (secondary N) is 2. The average Bonchev–Trinajstić information content (AvgIpc) is 2.71. The molecule has 0 bridgehead atoms. The molecule has 20 heavy (non-hydrogen) atoms. The number of amides is 1. The van der Waals surface area contributed by atoms with Crippen molar-refractivity contribution in [3.8, 4) is 0 Å². The lowest BCUT2D eigenvalue weighted by Crippen LogP contribution is -2.39. The van der Waals surface area contributed by atoms with Gasteiger partial charge in [0.05, 0.1) is 13.2 Å². The maximum Gasteiger partial charge on any atom is 0.407 e. The van der Waals surface area contributed by atoms with Crippen LogP contribution in [0.15, 0.2) is 0 Å². The van der Waals surface area contributed by atoms with Crippen molar-refractivity contribution in [2.75, 3.05) is 13.2 Å². The van der Waals surface area contributed by atoms with E-state index in [9.17, 15) is 9.59 Å². The predicted molar refractivity (Wildman–Crippen MR) is 75.4 cm³/mol. The lowest BCUT2D eigenvalue weighted by atomic mass is 10.2. The lowest BCUT2D eigenvalue weighted by Gasteiger charge is -2.21. The van der Waals surface area contributed by atoms with Gasteiger partial charge in [0.2, 0.25) is 0 Å². The normalized spacial score (nSPS) is 22.4. The number of carbonyl (C=O) groups is 2. The summed E-state index contributed by atoms with van der Waals surface area (Å²) in [7, 11) is 0. The van der Waals surface area contributed by atoms with Gasteiger partial charge in [-0.15, -0.1) is 0 Å². The third-order valence-corrected chi connectivity index (χ3v) is 2.99. The molecular formula is C14H26N2O4. The molecular weight excluding hydrogens is 260 g/mol. The van der Waals surface area contributed by atoms with Crippen LogP contribution in [0.25, 0.3) is 0 Å². The molecule has 6 nitrogen and oxygen atoms in total. The van der Waals surface area contributed by atoms with Crippen molar-refractivity contribution in [1.29, 1.82) is 0 Å². The van der Waals surface area contributed by atoms with Gasteiger partial charge in [-0.2, -0.15) is 0 Å². The number of rotatable bonds is 5. The minimum Gasteiger partial charge on any atom is -0.465 e. The monoisotopic (exact) mass is 286 g/mol. The van der Waals surface area contributed by atoms with Crippen LogP contribution < -0.4 is 10.6 Å². The second-order valence-electron chi connectivity index (χ2n) is 6.04. The second kappa shape index (κ2) is 7.47. The van der Waals surface area contributed by atoms with Crippen molar-refractivity contribution >= 4 is 12.1 Å². The minimum absolute atomic E-state index is 0.101. The van der Waals surface area contributed by atoms with Crippen LogP contribution in [0.3, 0.4) is 0 Å². The first kappa shape index (κ1) is 16.8. The van der Waals surface area contributed by atoms with Crippen molar-refractivity contribution in [2.24, 2.45) is 0 Å². The van der Waals surface area contributed by atoms with Gasteiger partial charge in [0.15, 0.2) is 0 Å². The van der Waals surface area contributed by atoms with Crippen LogP contribution >= 0.6 is 0 Å². The summed E-state index contributed by atoms with van der Waals surface area (Å²) in [5.41, 5.74) is -0.482. The van der Waals surface area contributed by atoms with Crippen LogP contribution in [-0.4, -0.2) is 42.9 Å². The van der Waals surface area contributed by atoms with Crippen LogP contribution in [0, 0.1) is 0 Å². The summed E-state index contributed by atoms with van der Waals surface area (Å²) in [6.07, 6.45) is 2.24. The quantitative estimate of drug-likeness (QED) is 0.750. The highest BCUT2D eigenvalue weighted by atomic mass is 16.6. The molecule has 0 aromatic heterocycles. The molecule has 1 fully saturated rings.